The first-order valence-electron chi connectivity index (χ1n) is 7.07. The van der Waals surface area contributed by atoms with Crippen LogP contribution in [0.2, 0.25) is 0 Å². The highest BCUT2D eigenvalue weighted by Crippen LogP contribution is 2.27. The van der Waals surface area contributed by atoms with Crippen molar-refractivity contribution < 1.29 is 0 Å². The van der Waals surface area contributed by atoms with Gasteiger partial charge in [-0.2, -0.15) is 0 Å². The first-order chi connectivity index (χ1) is 9.17. The molecular weight excluding hydrogens is 367 g/mol. The van der Waals surface area contributed by atoms with E-state index in [1.165, 1.54) is 41.2 Å². The Kier molecular flexibility index (Phi) is 5.45. The van der Waals surface area contributed by atoms with E-state index in [9.17, 15) is 0 Å². The number of hydrogen-bond donors (Lipinski definition) is 1. The van der Waals surface area contributed by atoms with Gasteiger partial charge >= 0.3 is 0 Å². The van der Waals surface area contributed by atoms with Crippen LogP contribution >= 0.6 is 34.8 Å². The van der Waals surface area contributed by atoms with Crippen LogP contribution in [-0.2, 0) is 0 Å². The Bertz CT molecular complexity index is 600. The highest BCUT2D eigenvalue weighted by Gasteiger charge is 2.14. The summed E-state index contributed by atoms with van der Waals surface area (Å²) in [5, 5.41) is 0. The van der Waals surface area contributed by atoms with Crippen molar-refractivity contribution in [2.45, 2.75) is 52.0 Å². The van der Waals surface area contributed by atoms with Gasteiger partial charge in [-0.3, -0.25) is 0 Å². The second kappa shape index (κ2) is 6.88. The molecule has 1 N–H and O–H groups in total. The Morgan fingerprint density at radius 2 is 2.05 bits per heavy atom. The third kappa shape index (κ3) is 3.40. The maximum absolute atomic E-state index is 5.54. The van der Waals surface area contributed by atoms with Gasteiger partial charge in [0.25, 0.3) is 0 Å². The first-order valence-corrected chi connectivity index (χ1v) is 8.55. The lowest BCUT2D eigenvalue weighted by Gasteiger charge is -2.18. The van der Waals surface area contributed by atoms with Crippen molar-refractivity contribution in [2.24, 2.45) is 0 Å². The van der Waals surface area contributed by atoms with Gasteiger partial charge in [0.1, 0.15) is 0 Å². The maximum Gasteiger partial charge on any atom is 0.178 e. The van der Waals surface area contributed by atoms with Gasteiger partial charge < -0.3 is 9.55 Å². The molecule has 0 aliphatic heterocycles. The molecule has 0 radical (unpaired) electrons. The van der Waals surface area contributed by atoms with Crippen LogP contribution in [0.3, 0.4) is 0 Å². The minimum absolute atomic E-state index is 0.534. The third-order valence-electron chi connectivity index (χ3n) is 3.56. The molecule has 19 heavy (non-hydrogen) atoms. The SMILES string of the molecule is CCCCC(CCC)n1c(=S)[nH]c2cc(I)ccc21. The molecular formula is C15H21IN2S. The van der Waals surface area contributed by atoms with E-state index in [-0.39, 0.29) is 0 Å². The highest BCUT2D eigenvalue weighted by molar-refractivity contribution is 14.1. The minimum Gasteiger partial charge on any atom is -0.331 e. The van der Waals surface area contributed by atoms with E-state index < -0.39 is 0 Å². The second-order valence-corrected chi connectivity index (χ2v) is 6.68. The molecule has 4 heteroatoms. The molecule has 1 aromatic carbocycles. The Hall–Kier alpha value is -0.360. The smallest absolute Gasteiger partial charge is 0.178 e. The predicted octanol–water partition coefficient (Wildman–Crippen LogP) is 5.83. The van der Waals surface area contributed by atoms with Crippen molar-refractivity contribution in [3.63, 3.8) is 0 Å². The van der Waals surface area contributed by atoms with E-state index in [0.29, 0.717) is 6.04 Å². The average molecular weight is 388 g/mol. The molecule has 1 unspecified atom stereocenters. The number of imidazole rings is 1. The van der Waals surface area contributed by atoms with Crippen LogP contribution in [0, 0.1) is 8.34 Å². The number of fused-ring (bicyclic) bond motifs is 1. The van der Waals surface area contributed by atoms with Crippen LogP contribution in [0.15, 0.2) is 18.2 Å². The van der Waals surface area contributed by atoms with Gasteiger partial charge in [0.2, 0.25) is 0 Å². The van der Waals surface area contributed by atoms with Gasteiger partial charge in [-0.25, -0.2) is 0 Å². The van der Waals surface area contributed by atoms with E-state index in [1.54, 1.807) is 0 Å². The van der Waals surface area contributed by atoms with E-state index in [2.05, 4.69) is 64.2 Å². The number of benzene rings is 1. The van der Waals surface area contributed by atoms with Crippen LogP contribution in [0.4, 0.5) is 0 Å². The number of rotatable bonds is 6. The topological polar surface area (TPSA) is 20.7 Å². The third-order valence-corrected chi connectivity index (χ3v) is 4.53. The molecule has 0 aliphatic rings. The zero-order valence-electron chi connectivity index (χ0n) is 11.6. The first kappa shape index (κ1) is 15.0. The summed E-state index contributed by atoms with van der Waals surface area (Å²) in [5.74, 6) is 0. The Labute approximate surface area is 133 Å². The Balaban J connectivity index is 2.46. The summed E-state index contributed by atoms with van der Waals surface area (Å²) < 4.78 is 4.44. The minimum atomic E-state index is 0.534. The van der Waals surface area contributed by atoms with Crippen molar-refractivity contribution in [1.29, 1.82) is 0 Å². The van der Waals surface area contributed by atoms with E-state index in [1.807, 2.05) is 0 Å². The van der Waals surface area contributed by atoms with E-state index in [4.69, 9.17) is 12.2 Å². The maximum atomic E-state index is 5.54. The molecule has 0 saturated heterocycles. The fourth-order valence-corrected chi connectivity index (χ4v) is 3.49. The van der Waals surface area contributed by atoms with E-state index >= 15 is 0 Å². The van der Waals surface area contributed by atoms with Crippen molar-refractivity contribution in [3.8, 4) is 0 Å². The van der Waals surface area contributed by atoms with Gasteiger partial charge in [0.15, 0.2) is 4.77 Å². The molecule has 0 spiro atoms. The number of H-pyrrole nitrogens is 1. The van der Waals surface area contributed by atoms with Gasteiger partial charge in [0, 0.05) is 9.61 Å². The predicted molar refractivity (Wildman–Crippen MR) is 93.3 cm³/mol. The number of hydrogen-bond acceptors (Lipinski definition) is 1. The van der Waals surface area contributed by atoms with Crippen molar-refractivity contribution >= 4 is 45.8 Å². The molecule has 0 fully saturated rings. The number of nitrogens with zero attached hydrogens (tertiary/aromatic N) is 1. The average Bonchev–Trinajstić information content (AvgIpc) is 2.69. The van der Waals surface area contributed by atoms with Crippen LogP contribution < -0.4 is 0 Å². The van der Waals surface area contributed by atoms with Crippen molar-refractivity contribution in [3.05, 3.63) is 26.5 Å². The summed E-state index contributed by atoms with van der Waals surface area (Å²) in [6, 6.07) is 7.06. The number of aromatic nitrogens is 2. The zero-order chi connectivity index (χ0) is 13.8. The van der Waals surface area contributed by atoms with Crippen LogP contribution in [0.25, 0.3) is 11.0 Å². The normalized spacial score (nSPS) is 13.0. The summed E-state index contributed by atoms with van der Waals surface area (Å²) in [5.41, 5.74) is 2.41. The molecule has 1 aromatic heterocycles. The fourth-order valence-electron chi connectivity index (χ4n) is 2.64. The van der Waals surface area contributed by atoms with Gasteiger partial charge in [-0.1, -0.05) is 33.1 Å². The largest absolute Gasteiger partial charge is 0.331 e. The van der Waals surface area contributed by atoms with Gasteiger partial charge in [0.05, 0.1) is 11.0 Å². The van der Waals surface area contributed by atoms with Crippen LogP contribution in [0.5, 0.6) is 0 Å². The lowest BCUT2D eigenvalue weighted by Crippen LogP contribution is -2.09. The molecule has 0 amide bonds. The summed E-state index contributed by atoms with van der Waals surface area (Å²) in [7, 11) is 0. The Morgan fingerprint density at radius 1 is 1.26 bits per heavy atom. The molecule has 0 bridgehead atoms. The molecule has 104 valence electrons. The molecule has 0 saturated carbocycles. The molecule has 1 atom stereocenters. The number of halogens is 1. The van der Waals surface area contributed by atoms with Gasteiger partial charge in [-0.05, 0) is 65.8 Å². The standard InChI is InChI=1S/C15H21IN2S/c1-3-5-7-12(6-4-2)18-14-9-8-11(16)10-13(14)17-15(18)19/h8-10,12H,3-7H2,1-2H3,(H,17,19). The van der Waals surface area contributed by atoms with Crippen molar-refractivity contribution in [1.82, 2.24) is 9.55 Å². The quantitative estimate of drug-likeness (QED) is 0.487. The Morgan fingerprint density at radius 3 is 2.74 bits per heavy atom. The highest BCUT2D eigenvalue weighted by atomic mass is 127. The summed E-state index contributed by atoms with van der Waals surface area (Å²) in [6.45, 7) is 4.50. The lowest BCUT2D eigenvalue weighted by molar-refractivity contribution is 0.422. The molecule has 0 aliphatic carbocycles. The van der Waals surface area contributed by atoms with Crippen molar-refractivity contribution in [2.75, 3.05) is 0 Å². The fraction of sp³-hybridized carbons (Fsp3) is 0.533. The summed E-state index contributed by atoms with van der Waals surface area (Å²) in [4.78, 5) is 3.36. The van der Waals surface area contributed by atoms with Gasteiger partial charge in [-0.15, -0.1) is 0 Å². The summed E-state index contributed by atoms with van der Waals surface area (Å²) in [6.07, 6.45) is 6.13. The monoisotopic (exact) mass is 388 g/mol. The molecule has 2 nitrogen and oxygen atoms in total. The number of aromatic amines is 1. The number of nitrogens with one attached hydrogen (secondary N) is 1. The summed E-state index contributed by atoms with van der Waals surface area (Å²) >= 11 is 7.88. The second-order valence-electron chi connectivity index (χ2n) is 5.05. The molecule has 2 aromatic rings. The number of unbranched alkanes of at least 4 members (excludes halogenated alkanes) is 1. The molecule has 2 rings (SSSR count). The molecule has 1 heterocycles. The lowest BCUT2D eigenvalue weighted by atomic mass is 10.0. The van der Waals surface area contributed by atoms with Crippen LogP contribution in [-0.4, -0.2) is 9.55 Å². The van der Waals surface area contributed by atoms with E-state index in [0.717, 1.165) is 10.3 Å². The van der Waals surface area contributed by atoms with Crippen LogP contribution in [0.1, 0.15) is 52.0 Å². The zero-order valence-corrected chi connectivity index (χ0v) is 14.6.